The Morgan fingerprint density at radius 3 is 3.07 bits per heavy atom. The number of nitrogens with zero attached hydrogens (tertiary/aromatic N) is 1. The first-order valence-corrected chi connectivity index (χ1v) is 6.84. The van der Waals surface area contributed by atoms with Gasteiger partial charge in [0.15, 0.2) is 0 Å². The Kier molecular flexibility index (Phi) is 3.63. The predicted molar refractivity (Wildman–Crippen MR) is 70.4 cm³/mol. The van der Waals surface area contributed by atoms with Gasteiger partial charge in [0.05, 0.1) is 8.45 Å². The van der Waals surface area contributed by atoms with Gasteiger partial charge in [0, 0.05) is 18.0 Å². The van der Waals surface area contributed by atoms with Crippen LogP contribution in [0.4, 0.5) is 0 Å². The highest BCUT2D eigenvalue weighted by atomic mass is 127. The fraction of sp³-hybridized carbons (Fsp3) is 0.500. The summed E-state index contributed by atoms with van der Waals surface area (Å²) in [5.41, 5.74) is 0.791. The number of thiophene rings is 1. The molecule has 0 aliphatic carbocycles. The van der Waals surface area contributed by atoms with Crippen LogP contribution in [0.25, 0.3) is 0 Å². The standard InChI is InChI=1S/C10H13IN2OS/c1-13-3-2-8(5-13)12-10(14)7-4-9(11)15-6-7/h4,6,8H,2-3,5H2,1H3,(H,12,14). The second-order valence-corrected chi connectivity index (χ2v) is 6.67. The number of rotatable bonds is 2. The summed E-state index contributed by atoms with van der Waals surface area (Å²) in [5.74, 6) is 0.0643. The van der Waals surface area contributed by atoms with E-state index in [1.54, 1.807) is 11.3 Å². The molecule has 2 heterocycles. The molecule has 1 N–H and O–H groups in total. The van der Waals surface area contributed by atoms with Crippen LogP contribution in [0.5, 0.6) is 0 Å². The Balaban J connectivity index is 1.92. The summed E-state index contributed by atoms with van der Waals surface area (Å²) in [6, 6.07) is 2.25. The summed E-state index contributed by atoms with van der Waals surface area (Å²) in [6.07, 6.45) is 1.06. The first-order chi connectivity index (χ1) is 7.15. The minimum Gasteiger partial charge on any atom is -0.348 e. The number of nitrogens with one attached hydrogen (secondary N) is 1. The van der Waals surface area contributed by atoms with Gasteiger partial charge in [-0.3, -0.25) is 4.79 Å². The van der Waals surface area contributed by atoms with Gasteiger partial charge in [-0.1, -0.05) is 0 Å². The Bertz CT molecular complexity index is 366. The first kappa shape index (κ1) is 11.3. The van der Waals surface area contributed by atoms with E-state index in [0.717, 1.165) is 28.0 Å². The Hall–Kier alpha value is -0.140. The van der Waals surface area contributed by atoms with Crippen LogP contribution in [0.1, 0.15) is 16.8 Å². The van der Waals surface area contributed by atoms with Gasteiger partial charge >= 0.3 is 0 Å². The van der Waals surface area contributed by atoms with Crippen molar-refractivity contribution in [1.29, 1.82) is 0 Å². The second kappa shape index (κ2) is 4.80. The molecule has 0 radical (unpaired) electrons. The van der Waals surface area contributed by atoms with Crippen LogP contribution in [-0.4, -0.2) is 37.0 Å². The lowest BCUT2D eigenvalue weighted by Crippen LogP contribution is -2.36. The highest BCUT2D eigenvalue weighted by Gasteiger charge is 2.21. The molecule has 0 aromatic carbocycles. The number of carbonyl (C=O) groups is 1. The lowest BCUT2D eigenvalue weighted by Gasteiger charge is -2.11. The van der Waals surface area contributed by atoms with Crippen molar-refractivity contribution < 1.29 is 4.79 Å². The second-order valence-electron chi connectivity index (χ2n) is 3.86. The number of likely N-dealkylation sites (tertiary alicyclic amines) is 1. The van der Waals surface area contributed by atoms with Gasteiger partial charge in [-0.15, -0.1) is 11.3 Å². The van der Waals surface area contributed by atoms with Gasteiger partial charge < -0.3 is 10.2 Å². The third kappa shape index (κ3) is 2.92. The molecule has 3 nitrogen and oxygen atoms in total. The highest BCUT2D eigenvalue weighted by molar-refractivity contribution is 14.1. The van der Waals surface area contributed by atoms with Crippen molar-refractivity contribution in [2.24, 2.45) is 0 Å². The summed E-state index contributed by atoms with van der Waals surface area (Å²) >= 11 is 3.84. The Labute approximate surface area is 107 Å². The average Bonchev–Trinajstić information content (AvgIpc) is 2.75. The maximum absolute atomic E-state index is 11.8. The zero-order valence-corrected chi connectivity index (χ0v) is 11.5. The van der Waals surface area contributed by atoms with Crippen molar-refractivity contribution in [3.8, 4) is 0 Å². The fourth-order valence-electron chi connectivity index (χ4n) is 1.75. The highest BCUT2D eigenvalue weighted by Crippen LogP contribution is 2.17. The summed E-state index contributed by atoms with van der Waals surface area (Å²) in [7, 11) is 2.08. The molecule has 1 aliphatic rings. The van der Waals surface area contributed by atoms with Crippen molar-refractivity contribution in [3.63, 3.8) is 0 Å². The smallest absolute Gasteiger partial charge is 0.252 e. The van der Waals surface area contributed by atoms with Gasteiger partial charge in [-0.25, -0.2) is 0 Å². The summed E-state index contributed by atoms with van der Waals surface area (Å²) in [4.78, 5) is 14.0. The van der Waals surface area contributed by atoms with Crippen molar-refractivity contribution in [1.82, 2.24) is 10.2 Å². The fourth-order valence-corrected chi connectivity index (χ4v) is 3.08. The summed E-state index contributed by atoms with van der Waals surface area (Å²) in [6.45, 7) is 2.04. The van der Waals surface area contributed by atoms with Crippen LogP contribution in [0.15, 0.2) is 11.4 Å². The van der Waals surface area contributed by atoms with E-state index in [-0.39, 0.29) is 5.91 Å². The number of halogens is 1. The number of amides is 1. The average molecular weight is 336 g/mol. The topological polar surface area (TPSA) is 32.3 Å². The van der Waals surface area contributed by atoms with Crippen LogP contribution in [0.2, 0.25) is 0 Å². The quantitative estimate of drug-likeness (QED) is 0.835. The maximum Gasteiger partial charge on any atom is 0.252 e. The van der Waals surface area contributed by atoms with Crippen LogP contribution in [0.3, 0.4) is 0 Å². The zero-order valence-electron chi connectivity index (χ0n) is 8.50. The van der Waals surface area contributed by atoms with Crippen molar-refractivity contribution >= 4 is 39.8 Å². The molecule has 1 aromatic rings. The minimum atomic E-state index is 0.0643. The monoisotopic (exact) mass is 336 g/mol. The van der Waals surface area contributed by atoms with Gasteiger partial charge in [-0.05, 0) is 48.7 Å². The molecular weight excluding hydrogens is 323 g/mol. The number of hydrogen-bond acceptors (Lipinski definition) is 3. The van der Waals surface area contributed by atoms with Crippen LogP contribution in [0, 0.1) is 2.88 Å². The number of carbonyl (C=O) groups excluding carboxylic acids is 1. The molecule has 1 aromatic heterocycles. The summed E-state index contributed by atoms with van der Waals surface area (Å²) in [5, 5.41) is 4.97. The SMILES string of the molecule is CN1CCC(NC(=O)c2csc(I)c2)C1. The molecule has 82 valence electrons. The molecule has 1 aliphatic heterocycles. The largest absolute Gasteiger partial charge is 0.348 e. The van der Waals surface area contributed by atoms with E-state index in [4.69, 9.17) is 0 Å². The molecule has 1 fully saturated rings. The van der Waals surface area contributed by atoms with E-state index in [2.05, 4.69) is 39.9 Å². The van der Waals surface area contributed by atoms with Crippen molar-refractivity contribution in [2.75, 3.05) is 20.1 Å². The number of likely N-dealkylation sites (N-methyl/N-ethyl adjacent to an activating group) is 1. The molecule has 1 saturated heterocycles. The molecule has 0 bridgehead atoms. The molecule has 5 heteroatoms. The zero-order chi connectivity index (χ0) is 10.8. The van der Waals surface area contributed by atoms with E-state index in [9.17, 15) is 4.79 Å². The third-order valence-corrected chi connectivity index (χ3v) is 4.35. The van der Waals surface area contributed by atoms with Gasteiger partial charge in [-0.2, -0.15) is 0 Å². The molecule has 15 heavy (non-hydrogen) atoms. The molecule has 2 rings (SSSR count). The van der Waals surface area contributed by atoms with E-state index < -0.39 is 0 Å². The lowest BCUT2D eigenvalue weighted by molar-refractivity contribution is 0.0939. The van der Waals surface area contributed by atoms with Crippen LogP contribution in [-0.2, 0) is 0 Å². The first-order valence-electron chi connectivity index (χ1n) is 4.88. The van der Waals surface area contributed by atoms with E-state index in [1.165, 1.54) is 0 Å². The Morgan fingerprint density at radius 2 is 2.53 bits per heavy atom. The van der Waals surface area contributed by atoms with E-state index in [1.807, 2.05) is 11.4 Å². The van der Waals surface area contributed by atoms with Gasteiger partial charge in [0.1, 0.15) is 0 Å². The molecule has 1 unspecified atom stereocenters. The summed E-state index contributed by atoms with van der Waals surface area (Å²) < 4.78 is 1.15. The van der Waals surface area contributed by atoms with Gasteiger partial charge in [0.25, 0.3) is 5.91 Å². The lowest BCUT2D eigenvalue weighted by atomic mass is 10.2. The van der Waals surface area contributed by atoms with Crippen molar-refractivity contribution in [3.05, 3.63) is 19.9 Å². The predicted octanol–water partition coefficient (Wildman–Crippen LogP) is 1.79. The van der Waals surface area contributed by atoms with Crippen LogP contribution >= 0.6 is 33.9 Å². The van der Waals surface area contributed by atoms with E-state index in [0.29, 0.717) is 6.04 Å². The molecule has 1 amide bonds. The van der Waals surface area contributed by atoms with Crippen molar-refractivity contribution in [2.45, 2.75) is 12.5 Å². The van der Waals surface area contributed by atoms with Gasteiger partial charge in [0.2, 0.25) is 0 Å². The maximum atomic E-state index is 11.8. The molecule has 1 atom stereocenters. The molecule has 0 spiro atoms. The number of hydrogen-bond donors (Lipinski definition) is 1. The minimum absolute atomic E-state index is 0.0643. The van der Waals surface area contributed by atoms with Crippen LogP contribution < -0.4 is 5.32 Å². The van der Waals surface area contributed by atoms with E-state index >= 15 is 0 Å². The third-order valence-electron chi connectivity index (χ3n) is 2.56. The normalized spacial score (nSPS) is 21.9. The Morgan fingerprint density at radius 1 is 1.73 bits per heavy atom. The molecular formula is C10H13IN2OS. The molecule has 0 saturated carbocycles.